The first-order chi connectivity index (χ1) is 8.26. The minimum absolute atomic E-state index is 0. The number of pyridine rings is 1. The molecule has 0 fully saturated rings. The third-order valence-electron chi connectivity index (χ3n) is 2.65. The van der Waals surface area contributed by atoms with Gasteiger partial charge in [0.05, 0.1) is 11.7 Å². The number of fused-ring (bicyclic) bond motifs is 3. The predicted molar refractivity (Wildman–Crippen MR) is 73.2 cm³/mol. The van der Waals surface area contributed by atoms with Crippen LogP contribution in [0, 0.1) is 6.92 Å². The second kappa shape index (κ2) is 4.99. The molecule has 0 amide bonds. The number of H-pyrrole nitrogens is 2. The number of hydrogen-bond acceptors (Lipinski definition) is 2. The fourth-order valence-corrected chi connectivity index (χ4v) is 1.60. The Morgan fingerprint density at radius 2 is 2.06 bits per heavy atom. The van der Waals surface area contributed by atoms with E-state index in [1.165, 1.54) is 12.8 Å². The van der Waals surface area contributed by atoms with Crippen LogP contribution < -0.4 is 0 Å². The van der Waals surface area contributed by atoms with Gasteiger partial charge in [0.2, 0.25) is 0 Å². The third-order valence-corrected chi connectivity index (χ3v) is 2.65. The van der Waals surface area contributed by atoms with Crippen LogP contribution in [0.3, 0.4) is 0 Å². The second-order valence-corrected chi connectivity index (χ2v) is 4.08. The Morgan fingerprint density at radius 1 is 1.29 bits per heavy atom. The standard InChI is InChI=1S/C9H8N4.C4H10.H2/c1-5-12-7-4-11-9-6(2-3-10-9)8(7)13-5;1-3-4-2;/h2-4H,1H3,(H,10,11)(H,12,13);3-4H2,1-2H3;1H. The molecule has 0 radical (unpaired) electrons. The summed E-state index contributed by atoms with van der Waals surface area (Å²) in [5.74, 6) is 0.922. The summed E-state index contributed by atoms with van der Waals surface area (Å²) in [6.07, 6.45) is 6.31. The molecule has 0 aliphatic rings. The number of rotatable bonds is 1. The molecule has 0 aliphatic heterocycles. The van der Waals surface area contributed by atoms with Gasteiger partial charge in [-0.25, -0.2) is 9.97 Å². The van der Waals surface area contributed by atoms with Crippen LogP contribution in [-0.4, -0.2) is 19.9 Å². The molecule has 0 aliphatic carbocycles. The van der Waals surface area contributed by atoms with E-state index in [4.69, 9.17) is 0 Å². The van der Waals surface area contributed by atoms with Gasteiger partial charge < -0.3 is 9.97 Å². The molecule has 4 nitrogen and oxygen atoms in total. The van der Waals surface area contributed by atoms with Crippen molar-refractivity contribution in [2.75, 3.05) is 0 Å². The number of aromatic nitrogens is 4. The molecule has 0 spiro atoms. The summed E-state index contributed by atoms with van der Waals surface area (Å²) >= 11 is 0. The minimum Gasteiger partial charge on any atom is -0.346 e. The lowest BCUT2D eigenvalue weighted by Gasteiger charge is -1.88. The number of imidazole rings is 1. The average molecular weight is 232 g/mol. The molecule has 0 saturated heterocycles. The van der Waals surface area contributed by atoms with Gasteiger partial charge in [-0.2, -0.15) is 0 Å². The van der Waals surface area contributed by atoms with Gasteiger partial charge in [-0.15, -0.1) is 0 Å². The van der Waals surface area contributed by atoms with E-state index in [0.717, 1.165) is 27.9 Å². The van der Waals surface area contributed by atoms with Crippen molar-refractivity contribution in [3.05, 3.63) is 24.3 Å². The number of aromatic amines is 2. The van der Waals surface area contributed by atoms with Crippen molar-refractivity contribution < 1.29 is 1.43 Å². The normalized spacial score (nSPS) is 10.5. The quantitative estimate of drug-likeness (QED) is 0.670. The first-order valence-corrected chi connectivity index (χ1v) is 6.04. The number of hydrogen-bond donors (Lipinski definition) is 2. The zero-order valence-electron chi connectivity index (χ0n) is 10.5. The fourth-order valence-electron chi connectivity index (χ4n) is 1.60. The minimum atomic E-state index is 0. The van der Waals surface area contributed by atoms with Crippen LogP contribution >= 0.6 is 0 Å². The average Bonchev–Trinajstić information content (AvgIpc) is 2.93. The maximum Gasteiger partial charge on any atom is 0.139 e. The van der Waals surface area contributed by atoms with Gasteiger partial charge in [0.25, 0.3) is 0 Å². The molecule has 0 bridgehead atoms. The SMILES string of the molecule is CCCC.Cc1nc2c(cnc3[nH]ccc32)[nH]1.[HH]. The topological polar surface area (TPSA) is 57.4 Å². The van der Waals surface area contributed by atoms with Gasteiger partial charge in [0.1, 0.15) is 17.0 Å². The Labute approximate surface area is 102 Å². The largest absolute Gasteiger partial charge is 0.346 e. The molecule has 92 valence electrons. The van der Waals surface area contributed by atoms with Crippen molar-refractivity contribution in [1.29, 1.82) is 0 Å². The van der Waals surface area contributed by atoms with Gasteiger partial charge in [0.15, 0.2) is 0 Å². The van der Waals surface area contributed by atoms with Crippen molar-refractivity contribution in [1.82, 2.24) is 19.9 Å². The predicted octanol–water partition coefficient (Wildman–Crippen LogP) is 3.80. The Morgan fingerprint density at radius 3 is 2.76 bits per heavy atom. The van der Waals surface area contributed by atoms with Crippen LogP contribution in [0.15, 0.2) is 18.5 Å². The molecular weight excluding hydrogens is 212 g/mol. The lowest BCUT2D eigenvalue weighted by molar-refractivity contribution is 0.886. The van der Waals surface area contributed by atoms with E-state index in [1.807, 2.05) is 19.2 Å². The van der Waals surface area contributed by atoms with Gasteiger partial charge >= 0.3 is 0 Å². The van der Waals surface area contributed by atoms with Gasteiger partial charge in [0, 0.05) is 13.0 Å². The van der Waals surface area contributed by atoms with Crippen LogP contribution in [0.25, 0.3) is 22.1 Å². The Kier molecular flexibility index (Phi) is 3.42. The zero-order valence-corrected chi connectivity index (χ0v) is 10.5. The van der Waals surface area contributed by atoms with Crippen molar-refractivity contribution in [2.24, 2.45) is 0 Å². The Bertz CT molecular complexity index is 610. The molecule has 0 aromatic carbocycles. The maximum absolute atomic E-state index is 4.40. The van der Waals surface area contributed by atoms with E-state index in [0.29, 0.717) is 0 Å². The van der Waals surface area contributed by atoms with Crippen LogP contribution in [-0.2, 0) is 0 Å². The van der Waals surface area contributed by atoms with E-state index >= 15 is 0 Å². The van der Waals surface area contributed by atoms with Crippen molar-refractivity contribution in [2.45, 2.75) is 33.6 Å². The summed E-state index contributed by atoms with van der Waals surface area (Å²) in [6.45, 7) is 6.30. The number of unbranched alkanes of at least 4 members (excludes halogenated alkanes) is 1. The molecule has 0 unspecified atom stereocenters. The molecule has 17 heavy (non-hydrogen) atoms. The summed E-state index contributed by atoms with van der Waals surface area (Å²) in [6, 6.07) is 1.99. The maximum atomic E-state index is 4.40. The summed E-state index contributed by atoms with van der Waals surface area (Å²) in [7, 11) is 0. The Hall–Kier alpha value is -1.84. The van der Waals surface area contributed by atoms with E-state index in [-0.39, 0.29) is 1.43 Å². The Balaban J connectivity index is 0.000000289. The van der Waals surface area contributed by atoms with Gasteiger partial charge in [-0.3, -0.25) is 0 Å². The third kappa shape index (κ3) is 2.30. The van der Waals surface area contributed by atoms with E-state index in [9.17, 15) is 0 Å². The van der Waals surface area contributed by atoms with Crippen LogP contribution in [0.4, 0.5) is 0 Å². The summed E-state index contributed by atoms with van der Waals surface area (Å²) in [4.78, 5) is 14.9. The highest BCUT2D eigenvalue weighted by molar-refractivity contribution is 6.00. The molecule has 3 heterocycles. The first-order valence-electron chi connectivity index (χ1n) is 6.04. The number of nitrogens with zero attached hydrogens (tertiary/aromatic N) is 2. The second-order valence-electron chi connectivity index (χ2n) is 4.08. The van der Waals surface area contributed by atoms with Crippen molar-refractivity contribution >= 4 is 22.1 Å². The molecule has 0 saturated carbocycles. The number of nitrogens with one attached hydrogen (secondary N) is 2. The summed E-state index contributed by atoms with van der Waals surface area (Å²) < 4.78 is 0. The van der Waals surface area contributed by atoms with Gasteiger partial charge in [-0.05, 0) is 13.0 Å². The summed E-state index contributed by atoms with van der Waals surface area (Å²) in [5.41, 5.74) is 2.87. The lowest BCUT2D eigenvalue weighted by Crippen LogP contribution is -1.77. The monoisotopic (exact) mass is 232 g/mol. The molecule has 0 atom stereocenters. The van der Waals surface area contributed by atoms with Crippen molar-refractivity contribution in [3.8, 4) is 0 Å². The highest BCUT2D eigenvalue weighted by Crippen LogP contribution is 2.19. The van der Waals surface area contributed by atoms with Crippen LogP contribution in [0.5, 0.6) is 0 Å². The summed E-state index contributed by atoms with van der Waals surface area (Å²) in [5, 5.41) is 1.07. The molecule has 3 aromatic heterocycles. The molecule has 3 rings (SSSR count). The lowest BCUT2D eigenvalue weighted by atomic mass is 10.3. The van der Waals surface area contributed by atoms with E-state index in [1.54, 1.807) is 6.20 Å². The van der Waals surface area contributed by atoms with E-state index < -0.39 is 0 Å². The molecule has 4 heteroatoms. The first kappa shape index (κ1) is 11.6. The number of aryl methyl sites for hydroxylation is 1. The zero-order chi connectivity index (χ0) is 12.3. The molecule has 2 N–H and O–H groups in total. The fraction of sp³-hybridized carbons (Fsp3) is 0.385. The highest BCUT2D eigenvalue weighted by atomic mass is 14.9. The van der Waals surface area contributed by atoms with Gasteiger partial charge in [-0.1, -0.05) is 26.7 Å². The van der Waals surface area contributed by atoms with Crippen LogP contribution in [0.1, 0.15) is 33.9 Å². The van der Waals surface area contributed by atoms with E-state index in [2.05, 4.69) is 33.8 Å². The van der Waals surface area contributed by atoms with Crippen molar-refractivity contribution in [3.63, 3.8) is 0 Å². The molecular formula is C13H20N4. The smallest absolute Gasteiger partial charge is 0.139 e. The molecule has 3 aromatic rings. The highest BCUT2D eigenvalue weighted by Gasteiger charge is 2.05. The van der Waals surface area contributed by atoms with Crippen LogP contribution in [0.2, 0.25) is 0 Å².